The summed E-state index contributed by atoms with van der Waals surface area (Å²) in [5, 5.41) is 3.20. The standard InChI is InChI=1S/C16H21N3O2/c1-4-12-5-7-13(8-6-12)14(17-2)11-19-10-9-18(3)15(20)16(19)21/h5-10,14,17H,4,11H2,1-3H3. The van der Waals surface area contributed by atoms with Crippen molar-refractivity contribution in [1.29, 1.82) is 0 Å². The molecule has 5 heteroatoms. The molecule has 1 aromatic heterocycles. The van der Waals surface area contributed by atoms with E-state index in [1.54, 1.807) is 19.4 Å². The summed E-state index contributed by atoms with van der Waals surface area (Å²) in [6.07, 6.45) is 4.25. The highest BCUT2D eigenvalue weighted by molar-refractivity contribution is 5.25. The third-order valence-electron chi connectivity index (χ3n) is 3.75. The SMILES string of the molecule is CCc1ccc(C(Cn2ccn(C)c(=O)c2=O)NC)cc1. The first kappa shape index (κ1) is 15.3. The molecule has 0 saturated heterocycles. The molecule has 2 rings (SSSR count). The van der Waals surface area contributed by atoms with Crippen LogP contribution in [-0.2, 0) is 20.0 Å². The van der Waals surface area contributed by atoms with Gasteiger partial charge in [0.25, 0.3) is 0 Å². The first-order valence-electron chi connectivity index (χ1n) is 7.09. The molecule has 0 aliphatic heterocycles. The smallest absolute Gasteiger partial charge is 0.312 e. The third kappa shape index (κ3) is 3.31. The summed E-state index contributed by atoms with van der Waals surface area (Å²) in [6.45, 7) is 2.54. The lowest BCUT2D eigenvalue weighted by atomic mass is 10.0. The Morgan fingerprint density at radius 3 is 2.33 bits per heavy atom. The molecule has 112 valence electrons. The topological polar surface area (TPSA) is 56.0 Å². The highest BCUT2D eigenvalue weighted by atomic mass is 16.2. The number of nitrogens with one attached hydrogen (secondary N) is 1. The number of aryl methyl sites for hydroxylation is 2. The van der Waals surface area contributed by atoms with Gasteiger partial charge >= 0.3 is 11.1 Å². The van der Waals surface area contributed by atoms with Crippen LogP contribution in [0.1, 0.15) is 24.1 Å². The van der Waals surface area contributed by atoms with Gasteiger partial charge in [-0.15, -0.1) is 0 Å². The predicted octanol–water partition coefficient (Wildman–Crippen LogP) is 1.07. The van der Waals surface area contributed by atoms with E-state index in [2.05, 4.69) is 36.5 Å². The summed E-state index contributed by atoms with van der Waals surface area (Å²) in [4.78, 5) is 23.7. The van der Waals surface area contributed by atoms with Crippen LogP contribution in [0.5, 0.6) is 0 Å². The average molecular weight is 287 g/mol. The second-order valence-electron chi connectivity index (χ2n) is 5.11. The molecule has 0 amide bonds. The summed E-state index contributed by atoms with van der Waals surface area (Å²) >= 11 is 0. The minimum Gasteiger partial charge on any atom is -0.312 e. The fourth-order valence-electron chi connectivity index (χ4n) is 2.28. The number of rotatable bonds is 5. The van der Waals surface area contributed by atoms with E-state index >= 15 is 0 Å². The van der Waals surface area contributed by atoms with E-state index in [0.29, 0.717) is 6.54 Å². The van der Waals surface area contributed by atoms with Gasteiger partial charge in [-0.3, -0.25) is 9.59 Å². The predicted molar refractivity (Wildman–Crippen MR) is 83.6 cm³/mol. The highest BCUT2D eigenvalue weighted by Crippen LogP contribution is 2.15. The van der Waals surface area contributed by atoms with Crippen molar-refractivity contribution in [1.82, 2.24) is 14.5 Å². The third-order valence-corrected chi connectivity index (χ3v) is 3.75. The Kier molecular flexibility index (Phi) is 4.75. The van der Waals surface area contributed by atoms with E-state index in [0.717, 1.165) is 12.0 Å². The largest absolute Gasteiger partial charge is 0.316 e. The van der Waals surface area contributed by atoms with Gasteiger partial charge in [-0.25, -0.2) is 0 Å². The molecular formula is C16H21N3O2. The molecule has 1 heterocycles. The van der Waals surface area contributed by atoms with Gasteiger partial charge in [-0.05, 0) is 24.6 Å². The fraction of sp³-hybridized carbons (Fsp3) is 0.375. The Morgan fingerprint density at radius 1 is 1.10 bits per heavy atom. The quantitative estimate of drug-likeness (QED) is 0.837. The van der Waals surface area contributed by atoms with E-state index in [9.17, 15) is 9.59 Å². The molecule has 1 atom stereocenters. The number of hydrogen-bond donors (Lipinski definition) is 1. The van der Waals surface area contributed by atoms with E-state index in [-0.39, 0.29) is 6.04 Å². The zero-order valence-electron chi connectivity index (χ0n) is 12.7. The molecular weight excluding hydrogens is 266 g/mol. The zero-order valence-corrected chi connectivity index (χ0v) is 12.7. The normalized spacial score (nSPS) is 12.3. The second kappa shape index (κ2) is 6.54. The molecule has 0 aliphatic rings. The Morgan fingerprint density at radius 2 is 1.76 bits per heavy atom. The van der Waals surface area contributed by atoms with Crippen LogP contribution in [-0.4, -0.2) is 16.2 Å². The van der Waals surface area contributed by atoms with Crippen molar-refractivity contribution in [3.05, 3.63) is 68.5 Å². The van der Waals surface area contributed by atoms with Crippen LogP contribution < -0.4 is 16.4 Å². The van der Waals surface area contributed by atoms with Crippen molar-refractivity contribution >= 4 is 0 Å². The summed E-state index contributed by atoms with van der Waals surface area (Å²) in [7, 11) is 3.43. The summed E-state index contributed by atoms with van der Waals surface area (Å²) in [5.74, 6) is 0. The van der Waals surface area contributed by atoms with Gasteiger partial charge in [0.15, 0.2) is 0 Å². The maximum absolute atomic E-state index is 12.0. The molecule has 0 bridgehead atoms. The van der Waals surface area contributed by atoms with Gasteiger partial charge in [0.2, 0.25) is 0 Å². The Hall–Kier alpha value is -2.14. The van der Waals surface area contributed by atoms with Crippen LogP contribution >= 0.6 is 0 Å². The van der Waals surface area contributed by atoms with Crippen molar-refractivity contribution in [2.45, 2.75) is 25.9 Å². The lowest BCUT2D eigenvalue weighted by molar-refractivity contribution is 0.484. The molecule has 5 nitrogen and oxygen atoms in total. The van der Waals surface area contributed by atoms with E-state index in [1.807, 2.05) is 7.05 Å². The number of likely N-dealkylation sites (N-methyl/N-ethyl adjacent to an activating group) is 1. The van der Waals surface area contributed by atoms with Crippen LogP contribution in [0.15, 0.2) is 46.2 Å². The number of benzene rings is 1. The van der Waals surface area contributed by atoms with Crippen molar-refractivity contribution in [3.63, 3.8) is 0 Å². The summed E-state index contributed by atoms with van der Waals surface area (Å²) < 4.78 is 2.75. The molecule has 0 saturated carbocycles. The van der Waals surface area contributed by atoms with Gasteiger partial charge < -0.3 is 14.5 Å². The first-order valence-corrected chi connectivity index (χ1v) is 7.09. The van der Waals surface area contributed by atoms with Gasteiger partial charge in [0.1, 0.15) is 0 Å². The molecule has 0 spiro atoms. The van der Waals surface area contributed by atoms with Crippen LogP contribution in [0.2, 0.25) is 0 Å². The minimum atomic E-state index is -0.506. The number of nitrogens with zero attached hydrogens (tertiary/aromatic N) is 2. The number of aromatic nitrogens is 2. The van der Waals surface area contributed by atoms with E-state index in [4.69, 9.17) is 0 Å². The molecule has 0 aliphatic carbocycles. The van der Waals surface area contributed by atoms with E-state index in [1.165, 1.54) is 14.7 Å². The zero-order chi connectivity index (χ0) is 15.4. The lowest BCUT2D eigenvalue weighted by Crippen LogP contribution is -2.41. The van der Waals surface area contributed by atoms with Crippen LogP contribution in [0, 0.1) is 0 Å². The fourth-order valence-corrected chi connectivity index (χ4v) is 2.28. The Labute approximate surface area is 123 Å². The highest BCUT2D eigenvalue weighted by Gasteiger charge is 2.12. The molecule has 1 N–H and O–H groups in total. The summed E-state index contributed by atoms with van der Waals surface area (Å²) in [5.41, 5.74) is 1.38. The molecule has 21 heavy (non-hydrogen) atoms. The number of hydrogen-bond acceptors (Lipinski definition) is 3. The maximum atomic E-state index is 12.0. The first-order chi connectivity index (χ1) is 10.1. The molecule has 2 aromatic rings. The summed E-state index contributed by atoms with van der Waals surface area (Å²) in [6, 6.07) is 8.29. The van der Waals surface area contributed by atoms with Crippen LogP contribution in [0.4, 0.5) is 0 Å². The van der Waals surface area contributed by atoms with Crippen molar-refractivity contribution in [2.24, 2.45) is 7.05 Å². The molecule has 0 radical (unpaired) electrons. The van der Waals surface area contributed by atoms with Gasteiger partial charge in [-0.1, -0.05) is 31.2 Å². The van der Waals surface area contributed by atoms with Crippen molar-refractivity contribution in [2.75, 3.05) is 7.05 Å². The van der Waals surface area contributed by atoms with E-state index < -0.39 is 11.1 Å². The molecule has 1 unspecified atom stereocenters. The Balaban J connectivity index is 2.29. The van der Waals surface area contributed by atoms with Gasteiger partial charge in [-0.2, -0.15) is 0 Å². The lowest BCUT2D eigenvalue weighted by Gasteiger charge is -2.18. The average Bonchev–Trinajstić information content (AvgIpc) is 2.52. The molecule has 1 aromatic carbocycles. The maximum Gasteiger partial charge on any atom is 0.316 e. The van der Waals surface area contributed by atoms with Gasteiger partial charge in [0.05, 0.1) is 6.04 Å². The van der Waals surface area contributed by atoms with Crippen molar-refractivity contribution in [3.8, 4) is 0 Å². The Bertz CT molecular complexity index is 714. The van der Waals surface area contributed by atoms with Crippen molar-refractivity contribution < 1.29 is 0 Å². The van der Waals surface area contributed by atoms with Crippen LogP contribution in [0.3, 0.4) is 0 Å². The minimum absolute atomic E-state index is 0.0132. The second-order valence-corrected chi connectivity index (χ2v) is 5.11. The monoisotopic (exact) mass is 287 g/mol. The van der Waals surface area contributed by atoms with Crippen LogP contribution in [0.25, 0.3) is 0 Å². The molecule has 0 fully saturated rings. The van der Waals surface area contributed by atoms with Gasteiger partial charge in [0, 0.05) is 26.0 Å².